The third kappa shape index (κ3) is 5.21. The lowest BCUT2D eigenvalue weighted by molar-refractivity contribution is 0.141. The van der Waals surface area contributed by atoms with Crippen LogP contribution in [-0.4, -0.2) is 44.2 Å². The number of nitrogens with one attached hydrogen (secondary N) is 1. The van der Waals surface area contributed by atoms with Crippen LogP contribution in [0.4, 0.5) is 14.9 Å². The van der Waals surface area contributed by atoms with Crippen LogP contribution in [0.3, 0.4) is 0 Å². The van der Waals surface area contributed by atoms with E-state index in [9.17, 15) is 22.7 Å². The van der Waals surface area contributed by atoms with Gasteiger partial charge in [0.1, 0.15) is 18.2 Å². The summed E-state index contributed by atoms with van der Waals surface area (Å²) in [5, 5.41) is 9.29. The van der Waals surface area contributed by atoms with E-state index in [2.05, 4.69) is 9.62 Å². The fourth-order valence-corrected chi connectivity index (χ4v) is 5.17. The third-order valence-corrected chi connectivity index (χ3v) is 7.19. The molecule has 1 aromatic heterocycles. The summed E-state index contributed by atoms with van der Waals surface area (Å²) in [6.45, 7) is 6.21. The zero-order valence-electron chi connectivity index (χ0n) is 19.7. The minimum Gasteiger partial charge on any atom is -0.481 e. The van der Waals surface area contributed by atoms with E-state index >= 15 is 0 Å². The van der Waals surface area contributed by atoms with Gasteiger partial charge < -0.3 is 23.9 Å². The summed E-state index contributed by atoms with van der Waals surface area (Å²) in [5.41, 5.74) is 1.17. The monoisotopic (exact) mass is 516 g/mol. The number of nitrogens with zero attached hydrogens (tertiary/aromatic N) is 1. The summed E-state index contributed by atoms with van der Waals surface area (Å²) >= 11 is 0. The molecule has 1 aliphatic heterocycles. The van der Waals surface area contributed by atoms with E-state index in [1.807, 2.05) is 13.8 Å². The first-order valence-electron chi connectivity index (χ1n) is 11.2. The van der Waals surface area contributed by atoms with Gasteiger partial charge in [-0.3, -0.25) is 4.72 Å². The first-order valence-corrected chi connectivity index (χ1v) is 12.7. The van der Waals surface area contributed by atoms with Crippen molar-refractivity contribution < 1.29 is 36.6 Å². The summed E-state index contributed by atoms with van der Waals surface area (Å²) in [5.74, 6) is -0.296. The minimum atomic E-state index is -4.29. The van der Waals surface area contributed by atoms with Gasteiger partial charge in [0.2, 0.25) is 5.75 Å². The first kappa shape index (κ1) is 25.3. The van der Waals surface area contributed by atoms with Crippen molar-refractivity contribution in [1.82, 2.24) is 4.90 Å². The molecule has 0 spiro atoms. The molecule has 3 aromatic rings. The van der Waals surface area contributed by atoms with Gasteiger partial charge in [-0.05, 0) is 55.1 Å². The summed E-state index contributed by atoms with van der Waals surface area (Å²) < 4.78 is 59.1. The van der Waals surface area contributed by atoms with Gasteiger partial charge in [0.25, 0.3) is 10.0 Å². The largest absolute Gasteiger partial charge is 0.511 e. The predicted molar refractivity (Wildman–Crippen MR) is 131 cm³/mol. The van der Waals surface area contributed by atoms with Crippen LogP contribution in [0.15, 0.2) is 58.1 Å². The van der Waals surface area contributed by atoms with Gasteiger partial charge in [0.05, 0.1) is 16.8 Å². The van der Waals surface area contributed by atoms with Crippen molar-refractivity contribution in [3.8, 4) is 22.6 Å². The molecule has 0 bridgehead atoms. The number of carboxylic acid groups (broad SMARTS) is 1. The van der Waals surface area contributed by atoms with Gasteiger partial charge in [-0.1, -0.05) is 26.0 Å². The van der Waals surface area contributed by atoms with E-state index in [1.54, 1.807) is 24.3 Å². The molecule has 4 rings (SSSR count). The Kier molecular flexibility index (Phi) is 7.32. The number of fused-ring (bicyclic) bond motifs is 3. The maximum absolute atomic E-state index is 14.0. The Hall–Kier alpha value is -3.83. The molecule has 2 N–H and O–H groups in total. The predicted octanol–water partition coefficient (Wildman–Crippen LogP) is 5.19. The second-order valence-corrected chi connectivity index (χ2v) is 9.56. The summed E-state index contributed by atoms with van der Waals surface area (Å²) in [4.78, 5) is 13.3. The molecule has 0 aliphatic carbocycles. The Morgan fingerprint density at radius 2 is 1.97 bits per heavy atom. The van der Waals surface area contributed by atoms with E-state index in [0.717, 1.165) is 31.3 Å². The molecule has 1 aliphatic rings. The number of furan rings is 1. The number of carbonyl (C=O) groups is 1. The number of anilines is 1. The van der Waals surface area contributed by atoms with Crippen molar-refractivity contribution in [1.29, 1.82) is 0 Å². The van der Waals surface area contributed by atoms with Crippen LogP contribution < -0.4 is 14.2 Å². The first-order chi connectivity index (χ1) is 17.2. The topological polar surface area (TPSA) is 118 Å². The van der Waals surface area contributed by atoms with Crippen LogP contribution >= 0.6 is 0 Å². The van der Waals surface area contributed by atoms with E-state index in [4.69, 9.17) is 13.9 Å². The molecular formula is C25H25FN2O7S. The average Bonchev–Trinajstić information content (AvgIpc) is 3.32. The molecule has 0 unspecified atom stereocenters. The molecule has 0 radical (unpaired) electrons. The van der Waals surface area contributed by atoms with Crippen molar-refractivity contribution in [2.45, 2.75) is 25.3 Å². The fourth-order valence-electron chi connectivity index (χ4n) is 3.92. The van der Waals surface area contributed by atoms with Crippen molar-refractivity contribution >= 4 is 27.9 Å². The standard InChI is InChI=1S/C25H25FN2O7S/c1-3-28(4-2)12-5-6-16-14-17(26)7-10-22(16)36(31,32)27-20-9-8-19-18-11-13-33-21(18)15-34-23(19)24(20)35-25(29)30/h5-11,13-14,27H,3-4,12,15H2,1-2H3,(H,29,30)/b6-5-. The molecule has 11 heteroatoms. The molecule has 0 saturated carbocycles. The summed E-state index contributed by atoms with van der Waals surface area (Å²) in [6.07, 6.45) is 3.13. The van der Waals surface area contributed by atoms with E-state index in [1.165, 1.54) is 12.3 Å². The number of ether oxygens (including phenoxy) is 2. The number of sulfonamides is 1. The second kappa shape index (κ2) is 10.4. The zero-order valence-corrected chi connectivity index (χ0v) is 20.5. The lowest BCUT2D eigenvalue weighted by atomic mass is 10.0. The molecular weight excluding hydrogens is 491 g/mol. The summed E-state index contributed by atoms with van der Waals surface area (Å²) in [7, 11) is -4.29. The Balaban J connectivity index is 1.72. The second-order valence-electron chi connectivity index (χ2n) is 7.91. The highest BCUT2D eigenvalue weighted by Crippen LogP contribution is 2.48. The van der Waals surface area contributed by atoms with Crippen molar-refractivity contribution in [3.05, 3.63) is 65.9 Å². The SMILES string of the molecule is CCN(CC)C/C=C\c1cc(F)ccc1S(=O)(=O)Nc1ccc2c(c1OC(=O)O)OCc1occc1-2. The molecule has 2 heterocycles. The molecule has 0 atom stereocenters. The minimum absolute atomic E-state index is 0.0148. The molecule has 36 heavy (non-hydrogen) atoms. The Bertz CT molecular complexity index is 1410. The van der Waals surface area contributed by atoms with Crippen LogP contribution in [0.1, 0.15) is 25.2 Å². The number of likely N-dealkylation sites (N-methyl/N-ethyl adjacent to an activating group) is 1. The molecule has 190 valence electrons. The van der Waals surface area contributed by atoms with Crippen LogP contribution in [-0.2, 0) is 16.6 Å². The van der Waals surface area contributed by atoms with Crippen LogP contribution in [0.25, 0.3) is 17.2 Å². The van der Waals surface area contributed by atoms with Gasteiger partial charge in [-0.25, -0.2) is 17.6 Å². The van der Waals surface area contributed by atoms with E-state index in [-0.39, 0.29) is 34.3 Å². The molecule has 2 aromatic carbocycles. The molecule has 0 fully saturated rings. The number of halogens is 1. The van der Waals surface area contributed by atoms with Crippen LogP contribution in [0.2, 0.25) is 0 Å². The normalized spacial score (nSPS) is 12.8. The number of hydrogen-bond acceptors (Lipinski definition) is 7. The van der Waals surface area contributed by atoms with Crippen molar-refractivity contribution in [3.63, 3.8) is 0 Å². The Morgan fingerprint density at radius 3 is 2.69 bits per heavy atom. The smallest absolute Gasteiger partial charge is 0.481 e. The number of rotatable bonds is 9. The van der Waals surface area contributed by atoms with Gasteiger partial charge in [0, 0.05) is 17.7 Å². The van der Waals surface area contributed by atoms with Crippen LogP contribution in [0, 0.1) is 5.82 Å². The van der Waals surface area contributed by atoms with Gasteiger partial charge >= 0.3 is 6.16 Å². The third-order valence-electron chi connectivity index (χ3n) is 5.75. The van der Waals surface area contributed by atoms with Crippen LogP contribution in [0.5, 0.6) is 11.5 Å². The fraction of sp³-hybridized carbons (Fsp3) is 0.240. The zero-order chi connectivity index (χ0) is 25.9. The molecule has 9 nitrogen and oxygen atoms in total. The lowest BCUT2D eigenvalue weighted by Crippen LogP contribution is -2.22. The van der Waals surface area contributed by atoms with Crippen molar-refractivity contribution in [2.75, 3.05) is 24.4 Å². The summed E-state index contributed by atoms with van der Waals surface area (Å²) in [6, 6.07) is 7.96. The average molecular weight is 517 g/mol. The highest BCUT2D eigenvalue weighted by molar-refractivity contribution is 7.92. The Morgan fingerprint density at radius 1 is 1.19 bits per heavy atom. The quantitative estimate of drug-likeness (QED) is 0.295. The van der Waals surface area contributed by atoms with E-state index < -0.39 is 22.0 Å². The molecule has 0 saturated heterocycles. The number of hydrogen-bond donors (Lipinski definition) is 2. The van der Waals surface area contributed by atoms with Crippen molar-refractivity contribution in [2.24, 2.45) is 0 Å². The van der Waals surface area contributed by atoms with Gasteiger partial charge in [-0.15, -0.1) is 0 Å². The Labute approximate surface area is 207 Å². The van der Waals surface area contributed by atoms with Gasteiger partial charge in [-0.2, -0.15) is 0 Å². The molecule has 0 amide bonds. The maximum Gasteiger partial charge on any atom is 0.511 e. The highest BCUT2D eigenvalue weighted by Gasteiger charge is 2.29. The lowest BCUT2D eigenvalue weighted by Gasteiger charge is -2.21. The highest BCUT2D eigenvalue weighted by atomic mass is 32.2. The van der Waals surface area contributed by atoms with Gasteiger partial charge in [0.15, 0.2) is 5.75 Å². The number of benzene rings is 2. The maximum atomic E-state index is 14.0. The van der Waals surface area contributed by atoms with E-state index in [0.29, 0.717) is 23.4 Å².